The van der Waals surface area contributed by atoms with E-state index in [1.54, 1.807) is 12.1 Å². The van der Waals surface area contributed by atoms with E-state index < -0.39 is 6.04 Å². The standard InChI is InChI=1S/C20H22FN5O/c1-13(2)18(20(27)22-14(3)15-8-5-4-6-9-15)26-24-19(23-25-26)16-10-7-11-17(21)12-16/h4-14,18H,1-3H3,(H,22,27). The summed E-state index contributed by atoms with van der Waals surface area (Å²) in [5.74, 6) is -0.338. The number of hydrogen-bond donors (Lipinski definition) is 1. The van der Waals surface area contributed by atoms with Crippen molar-refractivity contribution < 1.29 is 9.18 Å². The Hall–Kier alpha value is -3.09. The van der Waals surface area contributed by atoms with Crippen LogP contribution >= 0.6 is 0 Å². The molecule has 2 unspecified atom stereocenters. The molecule has 2 atom stereocenters. The zero-order chi connectivity index (χ0) is 19.4. The Labute approximate surface area is 157 Å². The highest BCUT2D eigenvalue weighted by Crippen LogP contribution is 2.21. The smallest absolute Gasteiger partial charge is 0.247 e. The van der Waals surface area contributed by atoms with Gasteiger partial charge >= 0.3 is 0 Å². The van der Waals surface area contributed by atoms with E-state index in [2.05, 4.69) is 20.7 Å². The van der Waals surface area contributed by atoms with Gasteiger partial charge in [0.25, 0.3) is 0 Å². The maximum absolute atomic E-state index is 13.4. The van der Waals surface area contributed by atoms with Crippen molar-refractivity contribution in [2.45, 2.75) is 32.9 Å². The Morgan fingerprint density at radius 3 is 2.48 bits per heavy atom. The number of rotatable bonds is 6. The summed E-state index contributed by atoms with van der Waals surface area (Å²) in [5, 5.41) is 15.3. The number of amides is 1. The number of benzene rings is 2. The van der Waals surface area contributed by atoms with Crippen molar-refractivity contribution >= 4 is 5.91 Å². The van der Waals surface area contributed by atoms with Crippen molar-refractivity contribution in [2.75, 3.05) is 0 Å². The van der Waals surface area contributed by atoms with E-state index in [0.29, 0.717) is 5.56 Å². The summed E-state index contributed by atoms with van der Waals surface area (Å²) in [6.45, 7) is 5.77. The Balaban J connectivity index is 1.80. The van der Waals surface area contributed by atoms with Crippen molar-refractivity contribution in [3.63, 3.8) is 0 Å². The Kier molecular flexibility index (Phi) is 5.59. The minimum absolute atomic E-state index is 0.0532. The number of nitrogens with one attached hydrogen (secondary N) is 1. The quantitative estimate of drug-likeness (QED) is 0.723. The highest BCUT2D eigenvalue weighted by molar-refractivity contribution is 5.80. The van der Waals surface area contributed by atoms with Crippen LogP contribution in [0.5, 0.6) is 0 Å². The van der Waals surface area contributed by atoms with Crippen molar-refractivity contribution in [3.8, 4) is 11.4 Å². The first-order valence-electron chi connectivity index (χ1n) is 8.86. The van der Waals surface area contributed by atoms with Crippen LogP contribution in [0, 0.1) is 11.7 Å². The molecule has 1 amide bonds. The lowest BCUT2D eigenvalue weighted by Gasteiger charge is -2.22. The van der Waals surface area contributed by atoms with Gasteiger partial charge in [-0.15, -0.1) is 10.2 Å². The molecule has 1 aromatic heterocycles. The number of hydrogen-bond acceptors (Lipinski definition) is 4. The summed E-state index contributed by atoms with van der Waals surface area (Å²) >= 11 is 0. The first-order valence-corrected chi connectivity index (χ1v) is 8.86. The Morgan fingerprint density at radius 1 is 1.07 bits per heavy atom. The number of carbonyl (C=O) groups is 1. The third-order valence-corrected chi connectivity index (χ3v) is 4.32. The fourth-order valence-corrected chi connectivity index (χ4v) is 2.88. The highest BCUT2D eigenvalue weighted by atomic mass is 19.1. The van der Waals surface area contributed by atoms with Gasteiger partial charge in [0.15, 0.2) is 6.04 Å². The Morgan fingerprint density at radius 2 is 1.81 bits per heavy atom. The number of halogens is 1. The van der Waals surface area contributed by atoms with Crippen LogP contribution in [-0.2, 0) is 4.79 Å². The van der Waals surface area contributed by atoms with Crippen LogP contribution in [0.4, 0.5) is 4.39 Å². The first-order chi connectivity index (χ1) is 13.0. The van der Waals surface area contributed by atoms with Crippen LogP contribution in [0.1, 0.15) is 38.4 Å². The molecule has 0 saturated carbocycles. The molecule has 0 saturated heterocycles. The van der Waals surface area contributed by atoms with E-state index in [4.69, 9.17) is 0 Å². The second-order valence-electron chi connectivity index (χ2n) is 6.77. The van der Waals surface area contributed by atoms with Crippen molar-refractivity contribution in [1.29, 1.82) is 0 Å². The van der Waals surface area contributed by atoms with E-state index in [-0.39, 0.29) is 29.5 Å². The molecular formula is C20H22FN5O. The van der Waals surface area contributed by atoms with E-state index in [1.165, 1.54) is 16.9 Å². The molecule has 0 spiro atoms. The van der Waals surface area contributed by atoms with Gasteiger partial charge in [-0.05, 0) is 35.8 Å². The van der Waals surface area contributed by atoms with Crippen molar-refractivity contribution in [3.05, 3.63) is 66.0 Å². The number of aromatic nitrogens is 4. The number of carbonyl (C=O) groups excluding carboxylic acids is 1. The van der Waals surface area contributed by atoms with Crippen LogP contribution in [0.15, 0.2) is 54.6 Å². The molecule has 3 rings (SSSR count). The third-order valence-electron chi connectivity index (χ3n) is 4.32. The van der Waals surface area contributed by atoms with Gasteiger partial charge in [-0.3, -0.25) is 4.79 Å². The van der Waals surface area contributed by atoms with Gasteiger partial charge in [-0.2, -0.15) is 4.80 Å². The van der Waals surface area contributed by atoms with Gasteiger partial charge in [-0.1, -0.05) is 56.3 Å². The fourth-order valence-electron chi connectivity index (χ4n) is 2.88. The number of nitrogens with zero attached hydrogens (tertiary/aromatic N) is 4. The van der Waals surface area contributed by atoms with E-state index in [9.17, 15) is 9.18 Å². The molecule has 2 aromatic carbocycles. The number of tetrazole rings is 1. The molecular weight excluding hydrogens is 345 g/mol. The van der Waals surface area contributed by atoms with Gasteiger partial charge in [0.05, 0.1) is 6.04 Å². The topological polar surface area (TPSA) is 72.7 Å². The minimum Gasteiger partial charge on any atom is -0.348 e. The highest BCUT2D eigenvalue weighted by Gasteiger charge is 2.28. The molecule has 0 aliphatic heterocycles. The fraction of sp³-hybridized carbons (Fsp3) is 0.300. The van der Waals surface area contributed by atoms with Crippen LogP contribution in [0.3, 0.4) is 0 Å². The second-order valence-corrected chi connectivity index (χ2v) is 6.77. The normalized spacial score (nSPS) is 13.4. The summed E-state index contributed by atoms with van der Waals surface area (Å²) in [7, 11) is 0. The van der Waals surface area contributed by atoms with Gasteiger partial charge in [0, 0.05) is 5.56 Å². The molecule has 0 radical (unpaired) electrons. The maximum Gasteiger partial charge on any atom is 0.247 e. The molecule has 3 aromatic rings. The van der Waals surface area contributed by atoms with Gasteiger partial charge < -0.3 is 5.32 Å². The lowest BCUT2D eigenvalue weighted by atomic mass is 10.0. The molecule has 7 heteroatoms. The summed E-state index contributed by atoms with van der Waals surface area (Å²) in [6.07, 6.45) is 0. The van der Waals surface area contributed by atoms with Gasteiger partial charge in [0.2, 0.25) is 11.7 Å². The summed E-state index contributed by atoms with van der Waals surface area (Å²) in [6, 6.07) is 14.9. The van der Waals surface area contributed by atoms with Gasteiger partial charge in [-0.25, -0.2) is 4.39 Å². The van der Waals surface area contributed by atoms with Gasteiger partial charge in [0.1, 0.15) is 5.82 Å². The van der Waals surface area contributed by atoms with Crippen molar-refractivity contribution in [1.82, 2.24) is 25.5 Å². The zero-order valence-corrected chi connectivity index (χ0v) is 15.5. The first kappa shape index (κ1) is 18.7. The summed E-state index contributed by atoms with van der Waals surface area (Å²) in [5.41, 5.74) is 1.53. The molecule has 1 N–H and O–H groups in total. The van der Waals surface area contributed by atoms with E-state index in [0.717, 1.165) is 5.56 Å². The molecule has 0 aliphatic rings. The monoisotopic (exact) mass is 367 g/mol. The molecule has 1 heterocycles. The molecule has 140 valence electrons. The average molecular weight is 367 g/mol. The molecule has 0 fully saturated rings. The maximum atomic E-state index is 13.4. The average Bonchev–Trinajstić information content (AvgIpc) is 3.11. The van der Waals surface area contributed by atoms with Crippen molar-refractivity contribution in [2.24, 2.45) is 5.92 Å². The predicted molar refractivity (Wildman–Crippen MR) is 100 cm³/mol. The van der Waals surface area contributed by atoms with Crippen LogP contribution in [0.25, 0.3) is 11.4 Å². The molecule has 6 nitrogen and oxygen atoms in total. The zero-order valence-electron chi connectivity index (χ0n) is 15.5. The third kappa shape index (κ3) is 4.36. The molecule has 0 aliphatic carbocycles. The second kappa shape index (κ2) is 8.07. The molecule has 0 bridgehead atoms. The summed E-state index contributed by atoms with van der Waals surface area (Å²) < 4.78 is 13.4. The SMILES string of the molecule is CC(NC(=O)C(C(C)C)n1nnc(-c2cccc(F)c2)n1)c1ccccc1. The molecule has 27 heavy (non-hydrogen) atoms. The van der Waals surface area contributed by atoms with Crippen LogP contribution in [-0.4, -0.2) is 26.1 Å². The van der Waals surface area contributed by atoms with E-state index >= 15 is 0 Å². The lowest BCUT2D eigenvalue weighted by Crippen LogP contribution is -2.37. The van der Waals surface area contributed by atoms with Crippen LogP contribution in [0.2, 0.25) is 0 Å². The largest absolute Gasteiger partial charge is 0.348 e. The van der Waals surface area contributed by atoms with Crippen LogP contribution < -0.4 is 5.32 Å². The lowest BCUT2D eigenvalue weighted by molar-refractivity contribution is -0.127. The minimum atomic E-state index is -0.619. The van der Waals surface area contributed by atoms with E-state index in [1.807, 2.05) is 51.1 Å². The summed E-state index contributed by atoms with van der Waals surface area (Å²) in [4.78, 5) is 14.2. The predicted octanol–water partition coefficient (Wildman–Crippen LogP) is 3.55. The Bertz CT molecular complexity index is 910.